The van der Waals surface area contributed by atoms with Crippen molar-refractivity contribution in [2.75, 3.05) is 5.32 Å². The van der Waals surface area contributed by atoms with E-state index < -0.39 is 0 Å². The number of imidazole rings is 1. The van der Waals surface area contributed by atoms with E-state index in [0.29, 0.717) is 19.1 Å². The van der Waals surface area contributed by atoms with E-state index >= 15 is 0 Å². The molecule has 1 N–H and O–H groups in total. The Labute approximate surface area is 156 Å². The number of nitrogens with zero attached hydrogens (tertiary/aromatic N) is 4. The van der Waals surface area contributed by atoms with Crippen LogP contribution >= 0.6 is 11.3 Å². The summed E-state index contributed by atoms with van der Waals surface area (Å²) in [5.41, 5.74) is 1.82. The average molecular weight is 375 g/mol. The Morgan fingerprint density at radius 3 is 2.88 bits per heavy atom. The van der Waals surface area contributed by atoms with Crippen molar-refractivity contribution in [1.82, 2.24) is 19.8 Å². The van der Waals surface area contributed by atoms with Crippen molar-refractivity contribution in [2.45, 2.75) is 71.1 Å². The second-order valence-electron chi connectivity index (χ2n) is 7.82. The van der Waals surface area contributed by atoms with Crippen LogP contribution in [-0.4, -0.2) is 25.4 Å². The normalized spacial score (nSPS) is 16.0. The van der Waals surface area contributed by atoms with Crippen LogP contribution in [0.5, 0.6) is 0 Å². The molecular weight excluding hydrogens is 350 g/mol. The molecule has 0 aromatic carbocycles. The molecule has 0 spiro atoms. The van der Waals surface area contributed by atoms with Gasteiger partial charge in [-0.05, 0) is 33.6 Å². The van der Waals surface area contributed by atoms with Gasteiger partial charge in [0.15, 0.2) is 5.76 Å². The summed E-state index contributed by atoms with van der Waals surface area (Å²) >= 11 is 1.56. The molecule has 0 atom stereocenters. The lowest BCUT2D eigenvalue weighted by Crippen LogP contribution is -2.18. The molecule has 1 saturated carbocycles. The Hall–Kier alpha value is -1.93. The highest BCUT2D eigenvalue weighted by Gasteiger charge is 2.21. The lowest BCUT2D eigenvalue weighted by molar-refractivity contribution is -0.0241. The molecular formula is C18H25N5O2S. The third-order valence-corrected chi connectivity index (χ3v) is 5.39. The molecule has 0 amide bonds. The van der Waals surface area contributed by atoms with E-state index in [9.17, 15) is 0 Å². The van der Waals surface area contributed by atoms with E-state index in [0.717, 1.165) is 21.5 Å². The number of rotatable bonds is 6. The second kappa shape index (κ2) is 7.00. The van der Waals surface area contributed by atoms with Gasteiger partial charge in [0.1, 0.15) is 12.3 Å². The maximum Gasteiger partial charge on any atom is 0.214 e. The van der Waals surface area contributed by atoms with Crippen molar-refractivity contribution in [3.8, 4) is 0 Å². The zero-order valence-electron chi connectivity index (χ0n) is 15.5. The number of fused-ring (bicyclic) bond motifs is 1. The maximum atomic E-state index is 5.70. The van der Waals surface area contributed by atoms with Crippen LogP contribution in [0.15, 0.2) is 16.8 Å². The standard InChI is InChI=1S/C18H25N5O2S/c1-18(2,3)24-11-14-8-13(22-25-14)9-19-16-21-23-10-15(20-17(23)26-16)12-6-4-5-7-12/h8,10,12H,4-7,9,11H2,1-3H3,(H,19,21). The highest BCUT2D eigenvalue weighted by molar-refractivity contribution is 7.20. The molecule has 0 unspecified atom stereocenters. The summed E-state index contributed by atoms with van der Waals surface area (Å²) in [6, 6.07) is 1.91. The van der Waals surface area contributed by atoms with Gasteiger partial charge in [-0.2, -0.15) is 0 Å². The van der Waals surface area contributed by atoms with Gasteiger partial charge in [-0.15, -0.1) is 5.10 Å². The Balaban J connectivity index is 1.34. The predicted octanol–water partition coefficient (Wildman–Crippen LogP) is 4.36. The minimum absolute atomic E-state index is 0.196. The average Bonchev–Trinajstić information content (AvgIpc) is 3.32. The van der Waals surface area contributed by atoms with E-state index in [1.54, 1.807) is 11.3 Å². The van der Waals surface area contributed by atoms with E-state index in [1.807, 2.05) is 31.4 Å². The zero-order valence-corrected chi connectivity index (χ0v) is 16.3. The quantitative estimate of drug-likeness (QED) is 0.689. The fraction of sp³-hybridized carbons (Fsp3) is 0.611. The first-order chi connectivity index (χ1) is 12.5. The molecule has 3 heterocycles. The highest BCUT2D eigenvalue weighted by atomic mass is 32.1. The molecule has 0 saturated heterocycles. The van der Waals surface area contributed by atoms with E-state index in [-0.39, 0.29) is 5.60 Å². The molecule has 1 fully saturated rings. The lowest BCUT2D eigenvalue weighted by Gasteiger charge is -2.17. The van der Waals surface area contributed by atoms with Crippen molar-refractivity contribution in [3.63, 3.8) is 0 Å². The topological polar surface area (TPSA) is 77.5 Å². The number of hydrogen-bond acceptors (Lipinski definition) is 7. The smallest absolute Gasteiger partial charge is 0.214 e. The number of hydrogen-bond donors (Lipinski definition) is 1. The number of nitrogens with one attached hydrogen (secondary N) is 1. The van der Waals surface area contributed by atoms with Crippen LogP contribution in [0.4, 0.5) is 5.13 Å². The van der Waals surface area contributed by atoms with Crippen LogP contribution < -0.4 is 5.32 Å². The predicted molar refractivity (Wildman–Crippen MR) is 100 cm³/mol. The number of anilines is 1. The van der Waals surface area contributed by atoms with E-state index in [4.69, 9.17) is 14.2 Å². The highest BCUT2D eigenvalue weighted by Crippen LogP contribution is 2.34. The van der Waals surface area contributed by atoms with Gasteiger partial charge in [-0.25, -0.2) is 9.50 Å². The fourth-order valence-electron chi connectivity index (χ4n) is 3.17. The van der Waals surface area contributed by atoms with Crippen LogP contribution in [0.2, 0.25) is 0 Å². The minimum atomic E-state index is -0.196. The number of aromatic nitrogens is 4. The largest absolute Gasteiger partial charge is 0.368 e. The lowest BCUT2D eigenvalue weighted by atomic mass is 10.1. The zero-order chi connectivity index (χ0) is 18.1. The van der Waals surface area contributed by atoms with Gasteiger partial charge in [0.25, 0.3) is 0 Å². The van der Waals surface area contributed by atoms with Crippen LogP contribution in [0.25, 0.3) is 4.96 Å². The van der Waals surface area contributed by atoms with E-state index in [2.05, 4.69) is 21.8 Å². The molecule has 0 radical (unpaired) electrons. The van der Waals surface area contributed by atoms with Crippen LogP contribution in [0.3, 0.4) is 0 Å². The Morgan fingerprint density at radius 1 is 1.35 bits per heavy atom. The van der Waals surface area contributed by atoms with Gasteiger partial charge in [-0.1, -0.05) is 29.3 Å². The molecule has 0 aliphatic heterocycles. The molecule has 3 aromatic rings. The SMILES string of the molecule is CC(C)(C)OCc1cc(CNc2nn3cc(C4CCCC4)nc3s2)no1. The first kappa shape index (κ1) is 17.5. The molecule has 1 aliphatic rings. The molecule has 140 valence electrons. The molecule has 26 heavy (non-hydrogen) atoms. The first-order valence-corrected chi connectivity index (χ1v) is 9.96. The summed E-state index contributed by atoms with van der Waals surface area (Å²) in [5, 5.41) is 12.8. The van der Waals surface area contributed by atoms with Crippen molar-refractivity contribution >= 4 is 21.4 Å². The molecule has 0 bridgehead atoms. The van der Waals surface area contributed by atoms with Crippen LogP contribution in [-0.2, 0) is 17.9 Å². The van der Waals surface area contributed by atoms with Gasteiger partial charge < -0.3 is 14.6 Å². The van der Waals surface area contributed by atoms with E-state index in [1.165, 1.54) is 31.4 Å². The van der Waals surface area contributed by atoms with Gasteiger partial charge in [-0.3, -0.25) is 0 Å². The van der Waals surface area contributed by atoms with Crippen molar-refractivity contribution in [1.29, 1.82) is 0 Å². The molecule has 1 aliphatic carbocycles. The summed E-state index contributed by atoms with van der Waals surface area (Å²) in [6.45, 7) is 7.03. The molecule has 7 nitrogen and oxygen atoms in total. The summed E-state index contributed by atoms with van der Waals surface area (Å²) < 4.78 is 12.9. The first-order valence-electron chi connectivity index (χ1n) is 9.15. The van der Waals surface area contributed by atoms with Gasteiger partial charge in [0, 0.05) is 12.0 Å². The third-order valence-electron chi connectivity index (χ3n) is 4.51. The summed E-state index contributed by atoms with van der Waals surface area (Å²) in [6.07, 6.45) is 7.21. The Bertz CT molecular complexity index is 838. The second-order valence-corrected chi connectivity index (χ2v) is 8.78. The fourth-order valence-corrected chi connectivity index (χ4v) is 3.95. The third kappa shape index (κ3) is 4.07. The van der Waals surface area contributed by atoms with Crippen molar-refractivity contribution < 1.29 is 9.26 Å². The maximum absolute atomic E-state index is 5.70. The molecule has 8 heteroatoms. The summed E-state index contributed by atoms with van der Waals surface area (Å²) in [5.74, 6) is 1.34. The monoisotopic (exact) mass is 375 g/mol. The van der Waals surface area contributed by atoms with Gasteiger partial charge in [0.2, 0.25) is 10.1 Å². The number of ether oxygens (including phenoxy) is 1. The Kier molecular flexibility index (Phi) is 4.71. The van der Waals surface area contributed by atoms with Gasteiger partial charge >= 0.3 is 0 Å². The molecule has 3 aromatic heterocycles. The molecule has 4 rings (SSSR count). The van der Waals surface area contributed by atoms with Crippen LogP contribution in [0.1, 0.15) is 69.5 Å². The summed E-state index contributed by atoms with van der Waals surface area (Å²) in [4.78, 5) is 5.69. The van der Waals surface area contributed by atoms with Crippen LogP contribution in [0, 0.1) is 0 Å². The minimum Gasteiger partial charge on any atom is -0.368 e. The van der Waals surface area contributed by atoms with Crippen molar-refractivity contribution in [2.24, 2.45) is 0 Å². The Morgan fingerprint density at radius 2 is 2.15 bits per heavy atom. The summed E-state index contributed by atoms with van der Waals surface area (Å²) in [7, 11) is 0. The van der Waals surface area contributed by atoms with Gasteiger partial charge in [0.05, 0.1) is 24.0 Å². The van der Waals surface area contributed by atoms with Crippen molar-refractivity contribution in [3.05, 3.63) is 29.4 Å².